The molecule has 1 aliphatic heterocycles. The molecule has 8 heteroatoms. The van der Waals surface area contributed by atoms with Crippen molar-refractivity contribution in [2.75, 3.05) is 13.1 Å². The van der Waals surface area contributed by atoms with Crippen molar-refractivity contribution in [3.63, 3.8) is 0 Å². The first-order valence-corrected chi connectivity index (χ1v) is 10.2. The number of hydrogen-bond acceptors (Lipinski definition) is 5. The van der Waals surface area contributed by atoms with Gasteiger partial charge in [0.25, 0.3) is 0 Å². The zero-order chi connectivity index (χ0) is 19.5. The molecule has 0 spiro atoms. The zero-order valence-corrected chi connectivity index (χ0v) is 16.0. The topological polar surface area (TPSA) is 89.9 Å². The molecule has 2 N–H and O–H groups in total. The Kier molecular flexibility index (Phi) is 5.66. The highest BCUT2D eigenvalue weighted by Gasteiger charge is 2.35. The predicted octanol–water partition coefficient (Wildman–Crippen LogP) is 2.60. The third-order valence-corrected chi connectivity index (χ3v) is 6.18. The van der Waals surface area contributed by atoms with Crippen molar-refractivity contribution in [1.82, 2.24) is 25.1 Å². The van der Waals surface area contributed by atoms with E-state index in [2.05, 4.69) is 20.4 Å². The van der Waals surface area contributed by atoms with Gasteiger partial charge in [-0.3, -0.25) is 9.69 Å². The van der Waals surface area contributed by atoms with Crippen LogP contribution in [0.15, 0.2) is 24.3 Å². The number of likely N-dealkylation sites (tertiary alicyclic amines) is 1. The van der Waals surface area contributed by atoms with Crippen molar-refractivity contribution in [2.24, 2.45) is 11.7 Å². The summed E-state index contributed by atoms with van der Waals surface area (Å²) in [5, 5.41) is 12.6. The number of tetrazole rings is 1. The van der Waals surface area contributed by atoms with Gasteiger partial charge in [-0.25, -0.2) is 9.07 Å². The Morgan fingerprint density at radius 3 is 2.50 bits per heavy atom. The summed E-state index contributed by atoms with van der Waals surface area (Å²) in [4.78, 5) is 13.7. The summed E-state index contributed by atoms with van der Waals surface area (Å²) in [5.41, 5.74) is 6.06. The van der Waals surface area contributed by atoms with E-state index < -0.39 is 0 Å². The zero-order valence-electron chi connectivity index (χ0n) is 16.0. The molecule has 150 valence electrons. The second-order valence-electron chi connectivity index (χ2n) is 7.91. The molecule has 1 saturated heterocycles. The summed E-state index contributed by atoms with van der Waals surface area (Å²) >= 11 is 0. The van der Waals surface area contributed by atoms with Gasteiger partial charge in [0, 0.05) is 11.5 Å². The number of aromatic nitrogens is 4. The Hall–Kier alpha value is -2.35. The van der Waals surface area contributed by atoms with Gasteiger partial charge in [0.1, 0.15) is 11.9 Å². The number of nitrogens with two attached hydrogens (primary N) is 1. The van der Waals surface area contributed by atoms with E-state index in [1.807, 2.05) is 10.7 Å². The highest BCUT2D eigenvalue weighted by Crippen LogP contribution is 2.35. The maximum atomic E-state index is 14.8. The molecule has 2 aromatic rings. The Morgan fingerprint density at radius 1 is 1.11 bits per heavy atom. The van der Waals surface area contributed by atoms with Crippen molar-refractivity contribution in [1.29, 1.82) is 0 Å². The number of benzene rings is 1. The third kappa shape index (κ3) is 3.78. The molecule has 4 rings (SSSR count). The summed E-state index contributed by atoms with van der Waals surface area (Å²) in [7, 11) is 0. The van der Waals surface area contributed by atoms with Gasteiger partial charge in [0.15, 0.2) is 5.82 Å². The van der Waals surface area contributed by atoms with Crippen LogP contribution >= 0.6 is 0 Å². The number of carbonyl (C=O) groups is 1. The van der Waals surface area contributed by atoms with Crippen LogP contribution in [-0.4, -0.2) is 44.1 Å². The van der Waals surface area contributed by atoms with Gasteiger partial charge in [-0.15, -0.1) is 5.10 Å². The van der Waals surface area contributed by atoms with E-state index in [-0.39, 0.29) is 29.7 Å². The minimum Gasteiger partial charge on any atom is -0.369 e. The lowest BCUT2D eigenvalue weighted by Crippen LogP contribution is -2.42. The smallest absolute Gasteiger partial charge is 0.220 e. The van der Waals surface area contributed by atoms with Gasteiger partial charge in [0.2, 0.25) is 5.91 Å². The highest BCUT2D eigenvalue weighted by atomic mass is 19.1. The minimum atomic E-state index is -0.369. The molecule has 0 bridgehead atoms. The average Bonchev–Trinajstić information content (AvgIpc) is 3.20. The van der Waals surface area contributed by atoms with Crippen LogP contribution in [0.1, 0.15) is 68.4 Å². The van der Waals surface area contributed by atoms with E-state index >= 15 is 0 Å². The van der Waals surface area contributed by atoms with E-state index in [9.17, 15) is 9.18 Å². The van der Waals surface area contributed by atoms with Crippen LogP contribution in [0.3, 0.4) is 0 Å². The van der Waals surface area contributed by atoms with Gasteiger partial charge in [0.05, 0.1) is 6.04 Å². The van der Waals surface area contributed by atoms with Crippen LogP contribution in [-0.2, 0) is 4.79 Å². The SMILES string of the molecule is NC(=O)C1CCN([C@H](c2ccccc2F)c2nnnn2C2CCCCC2)CC1. The summed E-state index contributed by atoms with van der Waals surface area (Å²) < 4.78 is 16.7. The van der Waals surface area contributed by atoms with Gasteiger partial charge in [-0.05, 0) is 55.3 Å². The second-order valence-corrected chi connectivity index (χ2v) is 7.91. The second kappa shape index (κ2) is 8.34. The fourth-order valence-corrected chi connectivity index (χ4v) is 4.60. The summed E-state index contributed by atoms with van der Waals surface area (Å²) in [6.07, 6.45) is 7.01. The van der Waals surface area contributed by atoms with E-state index in [4.69, 9.17) is 5.73 Å². The first kappa shape index (κ1) is 19.0. The number of amides is 1. The summed E-state index contributed by atoms with van der Waals surface area (Å²) in [5.74, 6) is 0.0539. The van der Waals surface area contributed by atoms with E-state index in [0.29, 0.717) is 37.3 Å². The Labute approximate surface area is 164 Å². The number of halogens is 1. The van der Waals surface area contributed by atoms with Crippen LogP contribution in [0.5, 0.6) is 0 Å². The molecule has 2 aliphatic rings. The van der Waals surface area contributed by atoms with Crippen LogP contribution in [0, 0.1) is 11.7 Å². The monoisotopic (exact) mass is 386 g/mol. The third-order valence-electron chi connectivity index (χ3n) is 6.18. The van der Waals surface area contributed by atoms with E-state index in [0.717, 1.165) is 12.8 Å². The quantitative estimate of drug-likeness (QED) is 0.853. The van der Waals surface area contributed by atoms with Crippen LogP contribution in [0.4, 0.5) is 4.39 Å². The van der Waals surface area contributed by atoms with E-state index in [1.54, 1.807) is 12.1 Å². The van der Waals surface area contributed by atoms with Crippen LogP contribution < -0.4 is 5.73 Å². The number of nitrogens with zero attached hydrogens (tertiary/aromatic N) is 5. The number of hydrogen-bond donors (Lipinski definition) is 1. The Bertz CT molecular complexity index is 811. The van der Waals surface area contributed by atoms with Crippen molar-refractivity contribution >= 4 is 5.91 Å². The molecule has 1 aromatic heterocycles. The van der Waals surface area contributed by atoms with Gasteiger partial charge in [-0.2, -0.15) is 0 Å². The molecular weight excluding hydrogens is 359 g/mol. The van der Waals surface area contributed by atoms with Crippen molar-refractivity contribution in [2.45, 2.75) is 57.0 Å². The summed E-state index contributed by atoms with van der Waals surface area (Å²) in [6, 6.07) is 6.71. The molecule has 7 nitrogen and oxygen atoms in total. The molecule has 0 unspecified atom stereocenters. The average molecular weight is 386 g/mol. The lowest BCUT2D eigenvalue weighted by atomic mass is 9.92. The maximum Gasteiger partial charge on any atom is 0.220 e. The number of carbonyl (C=O) groups excluding carboxylic acids is 1. The largest absolute Gasteiger partial charge is 0.369 e. The molecule has 1 saturated carbocycles. The van der Waals surface area contributed by atoms with Gasteiger partial charge < -0.3 is 5.73 Å². The molecule has 28 heavy (non-hydrogen) atoms. The molecule has 2 fully saturated rings. The predicted molar refractivity (Wildman–Crippen MR) is 102 cm³/mol. The number of rotatable bonds is 5. The maximum absolute atomic E-state index is 14.8. The standard InChI is InChI=1S/C20H27FN6O/c21-17-9-5-4-8-16(17)18(26-12-10-14(11-13-26)19(22)28)20-23-24-25-27(20)15-6-2-1-3-7-15/h4-5,8-9,14-15,18H,1-3,6-7,10-13H2,(H2,22,28)/t18-/m1/s1. The fourth-order valence-electron chi connectivity index (χ4n) is 4.60. The Balaban J connectivity index is 1.68. The minimum absolute atomic E-state index is 0.119. The van der Waals surface area contributed by atoms with Crippen molar-refractivity contribution in [3.8, 4) is 0 Å². The highest BCUT2D eigenvalue weighted by molar-refractivity contribution is 5.76. The van der Waals surface area contributed by atoms with Crippen molar-refractivity contribution < 1.29 is 9.18 Å². The molecule has 1 atom stereocenters. The van der Waals surface area contributed by atoms with Crippen LogP contribution in [0.2, 0.25) is 0 Å². The number of primary amides is 1. The lowest BCUT2D eigenvalue weighted by molar-refractivity contribution is -0.123. The summed E-state index contributed by atoms with van der Waals surface area (Å²) in [6.45, 7) is 1.31. The molecule has 0 radical (unpaired) electrons. The first-order valence-electron chi connectivity index (χ1n) is 10.2. The van der Waals surface area contributed by atoms with Crippen LogP contribution in [0.25, 0.3) is 0 Å². The van der Waals surface area contributed by atoms with E-state index in [1.165, 1.54) is 25.3 Å². The molecule has 2 heterocycles. The normalized spacial score (nSPS) is 20.9. The van der Waals surface area contributed by atoms with Gasteiger partial charge in [-0.1, -0.05) is 37.5 Å². The molecule has 1 amide bonds. The van der Waals surface area contributed by atoms with Crippen molar-refractivity contribution in [3.05, 3.63) is 41.5 Å². The fraction of sp³-hybridized carbons (Fsp3) is 0.600. The lowest BCUT2D eigenvalue weighted by Gasteiger charge is -2.37. The van der Waals surface area contributed by atoms with Gasteiger partial charge >= 0.3 is 0 Å². The molecular formula is C20H27FN6O. The molecule has 1 aromatic carbocycles. The first-order chi connectivity index (χ1) is 13.6. The number of piperidine rings is 1. The molecule has 1 aliphatic carbocycles. The Morgan fingerprint density at radius 2 is 1.82 bits per heavy atom.